The minimum absolute atomic E-state index is 0.0396. The zero-order chi connectivity index (χ0) is 20.2. The lowest BCUT2D eigenvalue weighted by molar-refractivity contribution is 0.0944. The van der Waals surface area contributed by atoms with Gasteiger partial charge in [0.1, 0.15) is 0 Å². The van der Waals surface area contributed by atoms with Crippen molar-refractivity contribution < 1.29 is 18.0 Å². The summed E-state index contributed by atoms with van der Waals surface area (Å²) >= 11 is 0. The molecule has 8 heteroatoms. The SMILES string of the molecule is Cc1c(NS(C)(=O)=O)cccc1C(=O)Nc1ccccc1C(=O)NC(C)C. The van der Waals surface area contributed by atoms with E-state index < -0.39 is 15.9 Å². The van der Waals surface area contributed by atoms with Crippen molar-refractivity contribution in [2.24, 2.45) is 0 Å². The summed E-state index contributed by atoms with van der Waals surface area (Å²) in [5.41, 5.74) is 1.85. The Morgan fingerprint density at radius 2 is 1.48 bits per heavy atom. The Labute approximate surface area is 159 Å². The van der Waals surface area contributed by atoms with E-state index >= 15 is 0 Å². The van der Waals surface area contributed by atoms with Crippen LogP contribution >= 0.6 is 0 Å². The van der Waals surface area contributed by atoms with Crippen LogP contribution in [0.4, 0.5) is 11.4 Å². The quantitative estimate of drug-likeness (QED) is 0.706. The molecule has 0 aliphatic carbocycles. The first-order valence-corrected chi connectivity index (χ1v) is 10.3. The third-order valence-electron chi connectivity index (χ3n) is 3.71. The van der Waals surface area contributed by atoms with Crippen molar-refractivity contribution in [3.63, 3.8) is 0 Å². The van der Waals surface area contributed by atoms with E-state index in [1.807, 2.05) is 13.8 Å². The number of nitrogens with one attached hydrogen (secondary N) is 3. The maximum absolute atomic E-state index is 12.7. The van der Waals surface area contributed by atoms with Crippen molar-refractivity contribution in [3.8, 4) is 0 Å². The molecule has 7 nitrogen and oxygen atoms in total. The van der Waals surface area contributed by atoms with E-state index in [1.165, 1.54) is 0 Å². The van der Waals surface area contributed by atoms with Crippen LogP contribution in [-0.2, 0) is 10.0 Å². The summed E-state index contributed by atoms with van der Waals surface area (Å²) in [7, 11) is -3.47. The smallest absolute Gasteiger partial charge is 0.256 e. The maximum atomic E-state index is 12.7. The number of hydrogen-bond donors (Lipinski definition) is 3. The molecule has 0 atom stereocenters. The average Bonchev–Trinajstić information content (AvgIpc) is 2.55. The van der Waals surface area contributed by atoms with Gasteiger partial charge in [-0.1, -0.05) is 18.2 Å². The Bertz CT molecular complexity index is 969. The van der Waals surface area contributed by atoms with Gasteiger partial charge in [0, 0.05) is 11.6 Å². The zero-order valence-corrected chi connectivity index (χ0v) is 16.5. The van der Waals surface area contributed by atoms with Gasteiger partial charge in [-0.25, -0.2) is 8.42 Å². The highest BCUT2D eigenvalue weighted by atomic mass is 32.2. The van der Waals surface area contributed by atoms with Gasteiger partial charge >= 0.3 is 0 Å². The van der Waals surface area contributed by atoms with Crippen molar-refractivity contribution in [3.05, 3.63) is 59.2 Å². The second kappa shape index (κ2) is 8.22. The van der Waals surface area contributed by atoms with Gasteiger partial charge in [0.05, 0.1) is 23.2 Å². The van der Waals surface area contributed by atoms with Gasteiger partial charge in [0.15, 0.2) is 0 Å². The van der Waals surface area contributed by atoms with E-state index in [9.17, 15) is 18.0 Å². The molecule has 0 radical (unpaired) electrons. The van der Waals surface area contributed by atoms with Gasteiger partial charge in [-0.3, -0.25) is 14.3 Å². The maximum Gasteiger partial charge on any atom is 0.256 e. The Kier molecular flexibility index (Phi) is 6.22. The second-order valence-corrected chi connectivity index (χ2v) is 8.23. The molecular weight excluding hydrogens is 366 g/mol. The number of rotatable bonds is 6. The fraction of sp³-hybridized carbons (Fsp3) is 0.263. The highest BCUT2D eigenvalue weighted by Crippen LogP contribution is 2.22. The number of sulfonamides is 1. The summed E-state index contributed by atoms with van der Waals surface area (Å²) in [6, 6.07) is 11.4. The molecule has 0 unspecified atom stereocenters. The van der Waals surface area contributed by atoms with E-state index in [4.69, 9.17) is 0 Å². The molecule has 0 heterocycles. The van der Waals surface area contributed by atoms with Crippen LogP contribution in [0.1, 0.15) is 40.1 Å². The summed E-state index contributed by atoms with van der Waals surface area (Å²) in [4.78, 5) is 25.1. The number of para-hydroxylation sites is 1. The molecule has 0 aliphatic rings. The molecule has 2 amide bonds. The van der Waals surface area contributed by atoms with Crippen LogP contribution < -0.4 is 15.4 Å². The van der Waals surface area contributed by atoms with E-state index in [1.54, 1.807) is 49.4 Å². The van der Waals surface area contributed by atoms with Crippen LogP contribution in [0.5, 0.6) is 0 Å². The number of amides is 2. The van der Waals surface area contributed by atoms with Gasteiger partial charge in [0.2, 0.25) is 10.0 Å². The molecule has 2 rings (SSSR count). The Balaban J connectivity index is 2.31. The van der Waals surface area contributed by atoms with Crippen molar-refractivity contribution in [1.29, 1.82) is 0 Å². The monoisotopic (exact) mass is 389 g/mol. The molecule has 0 fully saturated rings. The molecule has 27 heavy (non-hydrogen) atoms. The fourth-order valence-corrected chi connectivity index (χ4v) is 3.13. The first kappa shape index (κ1) is 20.4. The van der Waals surface area contributed by atoms with E-state index in [-0.39, 0.29) is 11.9 Å². The largest absolute Gasteiger partial charge is 0.350 e. The molecule has 3 N–H and O–H groups in total. The zero-order valence-electron chi connectivity index (χ0n) is 15.7. The van der Waals surface area contributed by atoms with Gasteiger partial charge in [-0.2, -0.15) is 0 Å². The molecule has 0 aliphatic heterocycles. The Morgan fingerprint density at radius 1 is 0.889 bits per heavy atom. The van der Waals surface area contributed by atoms with Crippen LogP contribution in [0.2, 0.25) is 0 Å². The number of carbonyl (C=O) groups excluding carboxylic acids is 2. The van der Waals surface area contributed by atoms with Crippen molar-refractivity contribution >= 4 is 33.2 Å². The minimum Gasteiger partial charge on any atom is -0.350 e. The fourth-order valence-electron chi connectivity index (χ4n) is 2.51. The summed E-state index contributed by atoms with van der Waals surface area (Å²) in [6.07, 6.45) is 1.04. The van der Waals surface area contributed by atoms with Gasteiger partial charge in [-0.05, 0) is 50.6 Å². The summed E-state index contributed by atoms with van der Waals surface area (Å²) < 4.78 is 25.3. The Morgan fingerprint density at radius 3 is 2.11 bits per heavy atom. The van der Waals surface area contributed by atoms with Crippen LogP contribution in [0.25, 0.3) is 0 Å². The van der Waals surface area contributed by atoms with E-state index in [2.05, 4.69) is 15.4 Å². The topological polar surface area (TPSA) is 104 Å². The van der Waals surface area contributed by atoms with Gasteiger partial charge in [0.25, 0.3) is 11.8 Å². The highest BCUT2D eigenvalue weighted by Gasteiger charge is 2.17. The van der Waals surface area contributed by atoms with E-state index in [0.717, 1.165) is 6.26 Å². The summed E-state index contributed by atoms with van der Waals surface area (Å²) in [5.74, 6) is -0.723. The number of hydrogen-bond acceptors (Lipinski definition) is 4. The highest BCUT2D eigenvalue weighted by molar-refractivity contribution is 7.92. The molecule has 0 bridgehead atoms. The summed E-state index contributed by atoms with van der Waals surface area (Å²) in [6.45, 7) is 5.35. The molecular formula is C19H23N3O4S. The second-order valence-electron chi connectivity index (χ2n) is 6.48. The normalized spacial score (nSPS) is 11.1. The number of anilines is 2. The molecule has 0 spiro atoms. The standard InChI is InChI=1S/C19H23N3O4S/c1-12(2)20-19(24)15-8-5-6-10-17(15)21-18(23)14-9-7-11-16(13(14)3)22-27(4,25)26/h5-12,22H,1-4H3,(H,20,24)(H,21,23). The lowest BCUT2D eigenvalue weighted by Gasteiger charge is -2.15. The van der Waals surface area contributed by atoms with Crippen molar-refractivity contribution in [1.82, 2.24) is 5.32 Å². The van der Waals surface area contributed by atoms with Crippen molar-refractivity contribution in [2.75, 3.05) is 16.3 Å². The van der Waals surface area contributed by atoms with Crippen LogP contribution in [-0.4, -0.2) is 32.5 Å². The number of benzene rings is 2. The molecule has 2 aromatic carbocycles. The first-order chi connectivity index (χ1) is 12.6. The third kappa shape index (κ3) is 5.55. The predicted molar refractivity (Wildman–Crippen MR) is 107 cm³/mol. The van der Waals surface area contributed by atoms with Crippen LogP contribution in [0.3, 0.4) is 0 Å². The predicted octanol–water partition coefficient (Wildman–Crippen LogP) is 2.76. The first-order valence-electron chi connectivity index (χ1n) is 8.37. The van der Waals surface area contributed by atoms with E-state index in [0.29, 0.717) is 28.1 Å². The lowest BCUT2D eigenvalue weighted by Crippen LogP contribution is -2.31. The molecule has 0 saturated carbocycles. The average molecular weight is 389 g/mol. The minimum atomic E-state index is -3.47. The molecule has 0 saturated heterocycles. The van der Waals surface area contributed by atoms with Crippen molar-refractivity contribution in [2.45, 2.75) is 26.8 Å². The van der Waals surface area contributed by atoms with Crippen LogP contribution in [0.15, 0.2) is 42.5 Å². The van der Waals surface area contributed by atoms with Gasteiger partial charge < -0.3 is 10.6 Å². The Hall–Kier alpha value is -2.87. The lowest BCUT2D eigenvalue weighted by atomic mass is 10.1. The molecule has 0 aromatic heterocycles. The molecule has 144 valence electrons. The van der Waals surface area contributed by atoms with Crippen LogP contribution in [0, 0.1) is 6.92 Å². The van der Waals surface area contributed by atoms with Gasteiger partial charge in [-0.15, -0.1) is 0 Å². The third-order valence-corrected chi connectivity index (χ3v) is 4.30. The number of carbonyl (C=O) groups is 2. The summed E-state index contributed by atoms with van der Waals surface area (Å²) in [5, 5.41) is 5.53. The molecule has 2 aromatic rings.